The highest BCUT2D eigenvalue weighted by molar-refractivity contribution is 4.93. The van der Waals surface area contributed by atoms with Crippen molar-refractivity contribution in [2.75, 3.05) is 20.1 Å². The minimum Gasteiger partial charge on any atom is -0.315 e. The third-order valence-electron chi connectivity index (χ3n) is 4.40. The molecule has 0 spiro atoms. The molecule has 0 amide bonds. The Kier molecular flexibility index (Phi) is 5.94. The molecule has 2 heteroatoms. The summed E-state index contributed by atoms with van der Waals surface area (Å²) >= 11 is 0. The van der Waals surface area contributed by atoms with Gasteiger partial charge in [-0.1, -0.05) is 34.1 Å². The van der Waals surface area contributed by atoms with Crippen LogP contribution in [0.4, 0.5) is 0 Å². The number of likely N-dealkylation sites (N-methyl/N-ethyl adjacent to an activating group) is 2. The van der Waals surface area contributed by atoms with Gasteiger partial charge in [0.15, 0.2) is 0 Å². The Morgan fingerprint density at radius 1 is 1.29 bits per heavy atom. The van der Waals surface area contributed by atoms with E-state index in [9.17, 15) is 0 Å². The molecule has 0 aliphatic heterocycles. The summed E-state index contributed by atoms with van der Waals surface area (Å²) in [7, 11) is 2.13. The Morgan fingerprint density at radius 3 is 2.53 bits per heavy atom. The molecule has 102 valence electrons. The molecule has 17 heavy (non-hydrogen) atoms. The second-order valence-electron chi connectivity index (χ2n) is 6.35. The summed E-state index contributed by atoms with van der Waals surface area (Å²) in [4.78, 5) is 2.70. The molecule has 0 heterocycles. The maximum absolute atomic E-state index is 3.54. The number of hydrogen-bond acceptors (Lipinski definition) is 2. The van der Waals surface area contributed by atoms with E-state index in [2.05, 4.69) is 45.0 Å². The highest BCUT2D eigenvalue weighted by Crippen LogP contribution is 2.37. The van der Waals surface area contributed by atoms with E-state index in [1.54, 1.807) is 0 Å². The van der Waals surface area contributed by atoms with E-state index in [0.717, 1.165) is 6.04 Å². The summed E-state index contributed by atoms with van der Waals surface area (Å²) in [6.45, 7) is 11.9. The van der Waals surface area contributed by atoms with Crippen molar-refractivity contribution in [3.63, 3.8) is 0 Å². The van der Waals surface area contributed by atoms with E-state index in [-0.39, 0.29) is 0 Å². The SMILES string of the molecule is CCCCN(CC)C1CC(C)(C)CCC1NC. The Labute approximate surface area is 108 Å². The Balaban J connectivity index is 2.66. The standard InChI is InChI=1S/C15H32N2/c1-6-8-11-17(7-2)14-12-15(3,4)10-9-13(14)16-5/h13-14,16H,6-12H2,1-5H3. The van der Waals surface area contributed by atoms with Crippen LogP contribution < -0.4 is 5.32 Å². The highest BCUT2D eigenvalue weighted by atomic mass is 15.2. The van der Waals surface area contributed by atoms with Crippen molar-refractivity contribution in [1.29, 1.82) is 0 Å². The molecule has 1 fully saturated rings. The lowest BCUT2D eigenvalue weighted by Crippen LogP contribution is -2.54. The molecule has 1 N–H and O–H groups in total. The molecule has 2 unspecified atom stereocenters. The molecule has 0 radical (unpaired) electrons. The second-order valence-corrected chi connectivity index (χ2v) is 6.35. The van der Waals surface area contributed by atoms with Crippen LogP contribution in [0.15, 0.2) is 0 Å². The van der Waals surface area contributed by atoms with Gasteiger partial charge in [-0.25, -0.2) is 0 Å². The molecule has 0 aromatic rings. The first-order valence-corrected chi connectivity index (χ1v) is 7.45. The van der Waals surface area contributed by atoms with Crippen LogP contribution in [-0.4, -0.2) is 37.1 Å². The van der Waals surface area contributed by atoms with E-state index in [1.807, 2.05) is 0 Å². The molecule has 0 aromatic heterocycles. The minimum atomic E-state index is 0.525. The number of rotatable bonds is 6. The molecular formula is C15H32N2. The normalized spacial score (nSPS) is 28.6. The zero-order chi connectivity index (χ0) is 12.9. The highest BCUT2D eigenvalue weighted by Gasteiger charge is 2.36. The van der Waals surface area contributed by atoms with E-state index in [1.165, 1.54) is 45.2 Å². The van der Waals surface area contributed by atoms with Gasteiger partial charge in [-0.05, 0) is 51.2 Å². The fraction of sp³-hybridized carbons (Fsp3) is 1.00. The van der Waals surface area contributed by atoms with E-state index >= 15 is 0 Å². The predicted molar refractivity (Wildman–Crippen MR) is 76.4 cm³/mol. The quantitative estimate of drug-likeness (QED) is 0.766. The molecule has 1 aliphatic carbocycles. The predicted octanol–water partition coefficient (Wildman–Crippen LogP) is 3.28. The lowest BCUT2D eigenvalue weighted by molar-refractivity contribution is 0.0699. The maximum atomic E-state index is 3.54. The van der Waals surface area contributed by atoms with Gasteiger partial charge in [-0.3, -0.25) is 4.90 Å². The number of nitrogens with one attached hydrogen (secondary N) is 1. The summed E-state index contributed by atoms with van der Waals surface area (Å²) in [5, 5.41) is 3.54. The summed E-state index contributed by atoms with van der Waals surface area (Å²) in [6, 6.07) is 1.43. The number of nitrogens with zero attached hydrogens (tertiary/aromatic N) is 1. The Hall–Kier alpha value is -0.0800. The van der Waals surface area contributed by atoms with Crippen molar-refractivity contribution < 1.29 is 0 Å². The van der Waals surface area contributed by atoms with Gasteiger partial charge in [0.25, 0.3) is 0 Å². The molecule has 0 bridgehead atoms. The summed E-state index contributed by atoms with van der Waals surface area (Å²) in [5.74, 6) is 0. The van der Waals surface area contributed by atoms with Crippen LogP contribution in [0, 0.1) is 5.41 Å². The van der Waals surface area contributed by atoms with Crippen molar-refractivity contribution in [2.24, 2.45) is 5.41 Å². The average molecular weight is 240 g/mol. The van der Waals surface area contributed by atoms with Crippen LogP contribution >= 0.6 is 0 Å². The van der Waals surface area contributed by atoms with Crippen LogP contribution in [0.25, 0.3) is 0 Å². The maximum Gasteiger partial charge on any atom is 0.0254 e. The third-order valence-corrected chi connectivity index (χ3v) is 4.40. The van der Waals surface area contributed by atoms with Crippen LogP contribution in [0.2, 0.25) is 0 Å². The van der Waals surface area contributed by atoms with E-state index in [0.29, 0.717) is 11.5 Å². The first kappa shape index (κ1) is 15.0. The molecule has 2 nitrogen and oxygen atoms in total. The third kappa shape index (κ3) is 4.26. The van der Waals surface area contributed by atoms with Gasteiger partial charge in [-0.15, -0.1) is 0 Å². The van der Waals surface area contributed by atoms with E-state index in [4.69, 9.17) is 0 Å². The van der Waals surface area contributed by atoms with Gasteiger partial charge in [0, 0.05) is 12.1 Å². The van der Waals surface area contributed by atoms with Gasteiger partial charge in [-0.2, -0.15) is 0 Å². The first-order valence-electron chi connectivity index (χ1n) is 7.45. The zero-order valence-electron chi connectivity index (χ0n) is 12.6. The fourth-order valence-corrected chi connectivity index (χ4v) is 3.19. The molecule has 1 aliphatic rings. The molecule has 2 atom stereocenters. The van der Waals surface area contributed by atoms with Crippen LogP contribution in [-0.2, 0) is 0 Å². The lowest BCUT2D eigenvalue weighted by atomic mass is 9.72. The molecule has 0 saturated heterocycles. The van der Waals surface area contributed by atoms with Gasteiger partial charge >= 0.3 is 0 Å². The van der Waals surface area contributed by atoms with Crippen LogP contribution in [0.3, 0.4) is 0 Å². The van der Waals surface area contributed by atoms with Gasteiger partial charge in [0.05, 0.1) is 0 Å². The van der Waals surface area contributed by atoms with Crippen molar-refractivity contribution in [1.82, 2.24) is 10.2 Å². The van der Waals surface area contributed by atoms with Crippen molar-refractivity contribution in [2.45, 2.75) is 71.9 Å². The van der Waals surface area contributed by atoms with Crippen LogP contribution in [0.5, 0.6) is 0 Å². The fourth-order valence-electron chi connectivity index (χ4n) is 3.19. The Bertz CT molecular complexity index is 213. The molecule has 1 saturated carbocycles. The van der Waals surface area contributed by atoms with Crippen LogP contribution in [0.1, 0.15) is 59.8 Å². The summed E-state index contributed by atoms with van der Waals surface area (Å²) in [5.41, 5.74) is 0.525. The van der Waals surface area contributed by atoms with Crippen molar-refractivity contribution in [3.8, 4) is 0 Å². The minimum absolute atomic E-state index is 0.525. The average Bonchev–Trinajstić information content (AvgIpc) is 2.29. The Morgan fingerprint density at radius 2 is 2.00 bits per heavy atom. The van der Waals surface area contributed by atoms with Crippen molar-refractivity contribution >= 4 is 0 Å². The first-order chi connectivity index (χ1) is 8.04. The molecular weight excluding hydrogens is 208 g/mol. The van der Waals surface area contributed by atoms with E-state index < -0.39 is 0 Å². The smallest absolute Gasteiger partial charge is 0.0254 e. The van der Waals surface area contributed by atoms with Gasteiger partial charge in [0.2, 0.25) is 0 Å². The summed E-state index contributed by atoms with van der Waals surface area (Å²) in [6.07, 6.45) is 6.67. The van der Waals surface area contributed by atoms with Crippen molar-refractivity contribution in [3.05, 3.63) is 0 Å². The monoisotopic (exact) mass is 240 g/mol. The largest absolute Gasteiger partial charge is 0.315 e. The zero-order valence-corrected chi connectivity index (χ0v) is 12.6. The summed E-state index contributed by atoms with van der Waals surface area (Å²) < 4.78 is 0. The molecule has 0 aromatic carbocycles. The lowest BCUT2D eigenvalue weighted by Gasteiger charge is -2.46. The second kappa shape index (κ2) is 6.75. The number of hydrogen-bond donors (Lipinski definition) is 1. The van der Waals surface area contributed by atoms with Gasteiger partial charge < -0.3 is 5.32 Å². The number of unbranched alkanes of at least 4 members (excludes halogenated alkanes) is 1. The molecule has 1 rings (SSSR count). The van der Waals surface area contributed by atoms with Gasteiger partial charge in [0.1, 0.15) is 0 Å². The topological polar surface area (TPSA) is 15.3 Å².